The number of nitrogens with one attached hydrogen (secondary N) is 2. The highest BCUT2D eigenvalue weighted by molar-refractivity contribution is 14.0. The molecule has 0 spiro atoms. The van der Waals surface area contributed by atoms with Crippen LogP contribution in [0.25, 0.3) is 0 Å². The molecule has 0 bridgehead atoms. The van der Waals surface area contributed by atoms with Gasteiger partial charge in [0.05, 0.1) is 20.8 Å². The van der Waals surface area contributed by atoms with Crippen molar-refractivity contribution in [1.82, 2.24) is 14.9 Å². The number of guanidine groups is 1. The summed E-state index contributed by atoms with van der Waals surface area (Å²) in [6, 6.07) is 14.2. The van der Waals surface area contributed by atoms with Crippen LogP contribution < -0.4 is 20.1 Å². The first-order valence-electron chi connectivity index (χ1n) is 9.95. The van der Waals surface area contributed by atoms with Gasteiger partial charge in [0.1, 0.15) is 5.82 Å². The monoisotopic (exact) mass is 535 g/mol. The quantitative estimate of drug-likeness (QED) is 0.253. The zero-order valence-electron chi connectivity index (χ0n) is 18.4. The summed E-state index contributed by atoms with van der Waals surface area (Å²) in [5.74, 6) is 3.07. The van der Waals surface area contributed by atoms with Crippen molar-refractivity contribution in [3.05, 3.63) is 71.8 Å². The van der Waals surface area contributed by atoms with E-state index in [-0.39, 0.29) is 24.0 Å². The minimum atomic E-state index is 0. The van der Waals surface area contributed by atoms with E-state index < -0.39 is 0 Å². The fourth-order valence-corrected chi connectivity index (χ4v) is 3.12. The number of aryl methyl sites for hydroxylation is 1. The molecule has 0 aliphatic carbocycles. The molecule has 1 aromatic heterocycles. The van der Waals surface area contributed by atoms with Gasteiger partial charge in [0.15, 0.2) is 17.5 Å². The third-order valence-electron chi connectivity index (χ3n) is 4.68. The van der Waals surface area contributed by atoms with E-state index in [4.69, 9.17) is 14.5 Å². The first-order valence-corrected chi connectivity index (χ1v) is 9.95. The Hall–Kier alpha value is -2.75. The molecule has 0 aliphatic heterocycles. The van der Waals surface area contributed by atoms with E-state index in [1.54, 1.807) is 14.2 Å². The number of methoxy groups -OCH3 is 2. The Morgan fingerprint density at radius 2 is 1.84 bits per heavy atom. The summed E-state index contributed by atoms with van der Waals surface area (Å²) in [6.07, 6.45) is 3.82. The van der Waals surface area contributed by atoms with Crippen LogP contribution in [-0.4, -0.2) is 36.3 Å². The molecule has 0 amide bonds. The average molecular weight is 535 g/mol. The highest BCUT2D eigenvalue weighted by Crippen LogP contribution is 2.29. The van der Waals surface area contributed by atoms with Crippen molar-refractivity contribution in [2.24, 2.45) is 4.99 Å². The van der Waals surface area contributed by atoms with Crippen LogP contribution in [0, 0.1) is 6.92 Å². The predicted molar refractivity (Wildman–Crippen MR) is 136 cm³/mol. The van der Waals surface area contributed by atoms with Gasteiger partial charge in [0, 0.05) is 37.2 Å². The predicted octanol–water partition coefficient (Wildman–Crippen LogP) is 4.45. The Bertz CT molecular complexity index is 1000. The topological polar surface area (TPSA) is 72.7 Å². The summed E-state index contributed by atoms with van der Waals surface area (Å²) in [6.45, 7) is 6.18. The molecule has 3 rings (SSSR count). The zero-order valence-corrected chi connectivity index (χ0v) is 20.7. The SMILES string of the molecule is CCNC(=NCc1cccc(Cn2ccnc2C)c1)Nc1ccc(OC)c(OC)c1.I. The summed E-state index contributed by atoms with van der Waals surface area (Å²) in [5.41, 5.74) is 3.24. The number of hydrogen-bond donors (Lipinski definition) is 2. The number of hydrogen-bond acceptors (Lipinski definition) is 4. The van der Waals surface area contributed by atoms with Crippen molar-refractivity contribution in [2.75, 3.05) is 26.1 Å². The molecule has 0 unspecified atom stereocenters. The van der Waals surface area contributed by atoms with E-state index in [1.165, 1.54) is 5.56 Å². The second kappa shape index (κ2) is 12.2. The van der Waals surface area contributed by atoms with Gasteiger partial charge in [-0.05, 0) is 37.1 Å². The number of nitrogens with zero attached hydrogens (tertiary/aromatic N) is 3. The molecular weight excluding hydrogens is 505 g/mol. The van der Waals surface area contributed by atoms with Crippen LogP contribution in [0.15, 0.2) is 59.9 Å². The molecule has 2 N–H and O–H groups in total. The summed E-state index contributed by atoms with van der Waals surface area (Å²) >= 11 is 0. The van der Waals surface area contributed by atoms with Crippen molar-refractivity contribution in [3.63, 3.8) is 0 Å². The van der Waals surface area contributed by atoms with Gasteiger partial charge >= 0.3 is 0 Å². The maximum Gasteiger partial charge on any atom is 0.196 e. The lowest BCUT2D eigenvalue weighted by atomic mass is 10.1. The molecule has 0 fully saturated rings. The zero-order chi connectivity index (χ0) is 21.3. The lowest BCUT2D eigenvalue weighted by Gasteiger charge is -2.14. The largest absolute Gasteiger partial charge is 0.493 e. The fraction of sp³-hybridized carbons (Fsp3) is 0.304. The molecule has 166 valence electrons. The van der Waals surface area contributed by atoms with E-state index in [0.717, 1.165) is 30.2 Å². The smallest absolute Gasteiger partial charge is 0.196 e. The molecule has 8 heteroatoms. The van der Waals surface area contributed by atoms with Crippen LogP contribution in [0.2, 0.25) is 0 Å². The standard InChI is InChI=1S/C23H29N5O2.HI/c1-5-24-23(27-20-9-10-21(29-3)22(14-20)30-4)26-15-18-7-6-8-19(13-18)16-28-12-11-25-17(28)2;/h6-14H,5,15-16H2,1-4H3,(H2,24,26,27);1H. The van der Waals surface area contributed by atoms with Gasteiger partial charge in [-0.15, -0.1) is 24.0 Å². The molecule has 3 aromatic rings. The normalized spacial score (nSPS) is 10.9. The Balaban J connectivity index is 0.00000341. The lowest BCUT2D eigenvalue weighted by molar-refractivity contribution is 0.355. The molecule has 0 aliphatic rings. The number of benzene rings is 2. The highest BCUT2D eigenvalue weighted by atomic mass is 127. The van der Waals surface area contributed by atoms with Gasteiger partial charge in [-0.3, -0.25) is 0 Å². The Labute approximate surface area is 200 Å². The van der Waals surface area contributed by atoms with Gasteiger partial charge in [-0.25, -0.2) is 9.98 Å². The number of aromatic nitrogens is 2. The van der Waals surface area contributed by atoms with Crippen molar-refractivity contribution < 1.29 is 9.47 Å². The second-order valence-electron chi connectivity index (χ2n) is 6.81. The fourth-order valence-electron chi connectivity index (χ4n) is 3.12. The minimum absolute atomic E-state index is 0. The summed E-state index contributed by atoms with van der Waals surface area (Å²) in [7, 11) is 3.25. The average Bonchev–Trinajstić information content (AvgIpc) is 3.16. The number of rotatable bonds is 8. The maximum atomic E-state index is 5.38. The molecule has 7 nitrogen and oxygen atoms in total. The Morgan fingerprint density at radius 1 is 1.06 bits per heavy atom. The van der Waals surface area contributed by atoms with E-state index in [2.05, 4.69) is 44.5 Å². The first kappa shape index (κ1) is 24.5. The Morgan fingerprint density at radius 3 is 2.52 bits per heavy atom. The van der Waals surface area contributed by atoms with Crippen LogP contribution in [-0.2, 0) is 13.1 Å². The molecular formula is C23H30IN5O2. The summed E-state index contributed by atoms with van der Waals surface area (Å²) in [5, 5.41) is 6.61. The minimum Gasteiger partial charge on any atom is -0.493 e. The lowest BCUT2D eigenvalue weighted by Crippen LogP contribution is -2.30. The Kier molecular flexibility index (Phi) is 9.64. The molecule has 0 radical (unpaired) electrons. The third kappa shape index (κ3) is 6.88. The molecule has 0 saturated carbocycles. The number of aliphatic imine (C=N–C) groups is 1. The van der Waals surface area contributed by atoms with E-state index >= 15 is 0 Å². The summed E-state index contributed by atoms with van der Waals surface area (Å²) in [4.78, 5) is 9.02. The van der Waals surface area contributed by atoms with Crippen LogP contribution in [0.4, 0.5) is 5.69 Å². The first-order chi connectivity index (χ1) is 14.6. The van der Waals surface area contributed by atoms with E-state index in [0.29, 0.717) is 24.0 Å². The van der Waals surface area contributed by atoms with Crippen molar-refractivity contribution in [2.45, 2.75) is 26.9 Å². The van der Waals surface area contributed by atoms with Crippen molar-refractivity contribution in [1.29, 1.82) is 0 Å². The van der Waals surface area contributed by atoms with Gasteiger partial charge in [-0.2, -0.15) is 0 Å². The van der Waals surface area contributed by atoms with E-state index in [9.17, 15) is 0 Å². The number of imidazole rings is 1. The van der Waals surface area contributed by atoms with Crippen LogP contribution in [0.1, 0.15) is 23.9 Å². The van der Waals surface area contributed by atoms with Gasteiger partial charge in [0.25, 0.3) is 0 Å². The number of ether oxygens (including phenoxy) is 2. The van der Waals surface area contributed by atoms with Crippen LogP contribution in [0.3, 0.4) is 0 Å². The third-order valence-corrected chi connectivity index (χ3v) is 4.68. The van der Waals surface area contributed by atoms with Crippen LogP contribution >= 0.6 is 24.0 Å². The van der Waals surface area contributed by atoms with Gasteiger partial charge in [0.2, 0.25) is 0 Å². The highest BCUT2D eigenvalue weighted by Gasteiger charge is 2.07. The van der Waals surface area contributed by atoms with Crippen molar-refractivity contribution >= 4 is 35.6 Å². The van der Waals surface area contributed by atoms with Crippen molar-refractivity contribution in [3.8, 4) is 11.5 Å². The maximum absolute atomic E-state index is 5.38. The van der Waals surface area contributed by atoms with Gasteiger partial charge < -0.3 is 24.7 Å². The number of halogens is 1. The summed E-state index contributed by atoms with van der Waals surface area (Å²) < 4.78 is 12.8. The van der Waals surface area contributed by atoms with E-state index in [1.807, 2.05) is 44.4 Å². The molecule has 0 saturated heterocycles. The van der Waals surface area contributed by atoms with Gasteiger partial charge in [-0.1, -0.05) is 24.3 Å². The molecule has 31 heavy (non-hydrogen) atoms. The van der Waals surface area contributed by atoms with Crippen LogP contribution in [0.5, 0.6) is 11.5 Å². The second-order valence-corrected chi connectivity index (χ2v) is 6.81. The molecule has 0 atom stereocenters. The number of anilines is 1. The molecule has 2 aromatic carbocycles. The molecule has 1 heterocycles.